The molecule has 0 aromatic carbocycles. The summed E-state index contributed by atoms with van der Waals surface area (Å²) in [6.07, 6.45) is 3.80. The first-order chi connectivity index (χ1) is 11.0. The van der Waals surface area contributed by atoms with Gasteiger partial charge in [0, 0.05) is 30.8 Å². The Morgan fingerprint density at radius 1 is 1.39 bits per heavy atom. The van der Waals surface area contributed by atoms with Crippen molar-refractivity contribution < 1.29 is 9.90 Å². The number of fused-ring (bicyclic) bond motifs is 1. The van der Waals surface area contributed by atoms with Crippen molar-refractivity contribution in [3.63, 3.8) is 0 Å². The molecule has 1 amide bonds. The molecule has 0 saturated carbocycles. The van der Waals surface area contributed by atoms with Crippen LogP contribution in [0.15, 0.2) is 0 Å². The van der Waals surface area contributed by atoms with Gasteiger partial charge in [-0.05, 0) is 32.6 Å². The van der Waals surface area contributed by atoms with Crippen LogP contribution < -0.4 is 0 Å². The second-order valence-corrected chi connectivity index (χ2v) is 7.49. The van der Waals surface area contributed by atoms with E-state index in [-0.39, 0.29) is 24.5 Å². The predicted molar refractivity (Wildman–Crippen MR) is 90.1 cm³/mol. The smallest absolute Gasteiger partial charge is 0.266 e. The molecule has 3 heterocycles. The average Bonchev–Trinajstić information content (AvgIpc) is 3.08. The van der Waals surface area contributed by atoms with E-state index < -0.39 is 0 Å². The molecule has 3 rings (SSSR count). The summed E-state index contributed by atoms with van der Waals surface area (Å²) in [5, 5.41) is 17.7. The molecule has 0 bridgehead atoms. The van der Waals surface area contributed by atoms with Crippen LogP contribution in [0, 0.1) is 6.92 Å². The summed E-state index contributed by atoms with van der Waals surface area (Å²) in [6, 6.07) is 0.151. The largest absolute Gasteiger partial charge is 0.396 e. The third-order valence-corrected chi connectivity index (χ3v) is 5.70. The van der Waals surface area contributed by atoms with Crippen LogP contribution in [0.1, 0.15) is 66.6 Å². The number of aliphatic hydroxyl groups excluding tert-OH is 1. The highest BCUT2D eigenvalue weighted by atomic mass is 32.1. The van der Waals surface area contributed by atoms with Crippen LogP contribution in [0.4, 0.5) is 0 Å². The second-order valence-electron chi connectivity index (χ2n) is 6.51. The van der Waals surface area contributed by atoms with Crippen LogP contribution >= 0.6 is 11.3 Å². The number of carbonyl (C=O) groups is 1. The van der Waals surface area contributed by atoms with Gasteiger partial charge < -0.3 is 10.0 Å². The van der Waals surface area contributed by atoms with Crippen molar-refractivity contribution in [2.75, 3.05) is 13.2 Å². The van der Waals surface area contributed by atoms with Crippen molar-refractivity contribution in [3.05, 3.63) is 16.4 Å². The Bertz CT molecular complexity index is 704. The summed E-state index contributed by atoms with van der Waals surface area (Å²) in [4.78, 5) is 16.5. The normalized spacial score (nSPS) is 19.0. The van der Waals surface area contributed by atoms with Crippen molar-refractivity contribution >= 4 is 22.2 Å². The lowest BCUT2D eigenvalue weighted by molar-refractivity contribution is 0.0578. The first-order valence-electron chi connectivity index (χ1n) is 8.30. The lowest BCUT2D eigenvalue weighted by Crippen LogP contribution is -2.44. The number of thiazole rings is 1. The highest BCUT2D eigenvalue weighted by molar-refractivity contribution is 7.19. The predicted octanol–water partition coefficient (Wildman–Crippen LogP) is 2.60. The molecular formula is C16H24N4O2S. The number of amides is 1. The Labute approximate surface area is 140 Å². The van der Waals surface area contributed by atoms with Crippen LogP contribution in [0.3, 0.4) is 0 Å². The fourth-order valence-electron chi connectivity index (χ4n) is 3.35. The van der Waals surface area contributed by atoms with Crippen molar-refractivity contribution in [1.29, 1.82) is 0 Å². The number of aryl methyl sites for hydroxylation is 1. The number of hydrogen-bond donors (Lipinski definition) is 1. The van der Waals surface area contributed by atoms with Gasteiger partial charge in [-0.2, -0.15) is 0 Å². The highest BCUT2D eigenvalue weighted by Crippen LogP contribution is 2.29. The molecule has 2 aromatic heterocycles. The highest BCUT2D eigenvalue weighted by Gasteiger charge is 2.30. The molecule has 0 radical (unpaired) electrons. The van der Waals surface area contributed by atoms with E-state index in [0.717, 1.165) is 47.2 Å². The molecule has 1 atom stereocenters. The van der Waals surface area contributed by atoms with Crippen molar-refractivity contribution in [3.8, 4) is 0 Å². The molecule has 23 heavy (non-hydrogen) atoms. The maximum atomic E-state index is 13.0. The minimum Gasteiger partial charge on any atom is -0.396 e. The summed E-state index contributed by atoms with van der Waals surface area (Å²) >= 11 is 1.42. The minimum atomic E-state index is 0.0749. The number of nitrogens with zero attached hydrogens (tertiary/aromatic N) is 4. The zero-order valence-corrected chi connectivity index (χ0v) is 14.8. The molecule has 1 saturated heterocycles. The molecule has 1 aliphatic rings. The Hall–Kier alpha value is -1.47. The zero-order chi connectivity index (χ0) is 16.6. The number of aromatic nitrogens is 3. The zero-order valence-electron chi connectivity index (χ0n) is 13.9. The maximum Gasteiger partial charge on any atom is 0.266 e. The summed E-state index contributed by atoms with van der Waals surface area (Å²) < 4.78 is 2.01. The van der Waals surface area contributed by atoms with Crippen LogP contribution in [-0.4, -0.2) is 49.7 Å². The molecule has 0 spiro atoms. The molecule has 126 valence electrons. The van der Waals surface area contributed by atoms with E-state index >= 15 is 0 Å². The lowest BCUT2D eigenvalue weighted by Gasteiger charge is -2.35. The van der Waals surface area contributed by atoms with Crippen molar-refractivity contribution in [1.82, 2.24) is 19.5 Å². The van der Waals surface area contributed by atoms with E-state index in [0.29, 0.717) is 6.42 Å². The fourth-order valence-corrected chi connectivity index (χ4v) is 4.38. The van der Waals surface area contributed by atoms with Gasteiger partial charge in [-0.15, -0.1) is 10.2 Å². The fraction of sp³-hybridized carbons (Fsp3) is 0.688. The molecule has 6 nitrogen and oxygen atoms in total. The van der Waals surface area contributed by atoms with Gasteiger partial charge in [0.05, 0.1) is 0 Å². The first-order valence-corrected chi connectivity index (χ1v) is 9.12. The minimum absolute atomic E-state index is 0.0749. The second kappa shape index (κ2) is 6.57. The van der Waals surface area contributed by atoms with Gasteiger partial charge in [-0.1, -0.05) is 25.2 Å². The van der Waals surface area contributed by atoms with Gasteiger partial charge >= 0.3 is 0 Å². The van der Waals surface area contributed by atoms with Gasteiger partial charge in [0.25, 0.3) is 5.91 Å². The molecular weight excluding hydrogens is 312 g/mol. The number of piperidine rings is 1. The van der Waals surface area contributed by atoms with Crippen LogP contribution in [0.2, 0.25) is 0 Å². The molecule has 7 heteroatoms. The molecule has 1 fully saturated rings. The SMILES string of the molecule is Cc1c(C(=O)N2CCCCC2CCO)sc2nnc(C(C)C)n12. The quantitative estimate of drug-likeness (QED) is 0.931. The average molecular weight is 336 g/mol. The number of hydrogen-bond acceptors (Lipinski definition) is 5. The van der Waals surface area contributed by atoms with Gasteiger partial charge in [0.1, 0.15) is 10.7 Å². The Morgan fingerprint density at radius 3 is 2.87 bits per heavy atom. The van der Waals surface area contributed by atoms with Gasteiger partial charge in [-0.25, -0.2) is 0 Å². The molecule has 1 N–H and O–H groups in total. The topological polar surface area (TPSA) is 70.7 Å². The molecule has 0 aliphatic carbocycles. The van der Waals surface area contributed by atoms with Gasteiger partial charge in [0.2, 0.25) is 4.96 Å². The maximum absolute atomic E-state index is 13.0. The summed E-state index contributed by atoms with van der Waals surface area (Å²) in [5.41, 5.74) is 0.928. The molecule has 2 aromatic rings. The summed E-state index contributed by atoms with van der Waals surface area (Å²) in [6.45, 7) is 7.03. The van der Waals surface area contributed by atoms with Crippen LogP contribution in [0.5, 0.6) is 0 Å². The monoisotopic (exact) mass is 336 g/mol. The van der Waals surface area contributed by atoms with E-state index in [4.69, 9.17) is 0 Å². The molecule has 1 unspecified atom stereocenters. The van der Waals surface area contributed by atoms with E-state index in [9.17, 15) is 9.90 Å². The van der Waals surface area contributed by atoms with E-state index in [1.807, 2.05) is 16.2 Å². The number of aliphatic hydroxyl groups is 1. The van der Waals surface area contributed by atoms with E-state index in [1.165, 1.54) is 11.3 Å². The number of carbonyl (C=O) groups excluding carboxylic acids is 1. The van der Waals surface area contributed by atoms with Gasteiger partial charge in [0.15, 0.2) is 0 Å². The van der Waals surface area contributed by atoms with Crippen LogP contribution in [-0.2, 0) is 0 Å². The van der Waals surface area contributed by atoms with Crippen molar-refractivity contribution in [2.45, 2.75) is 58.4 Å². The number of likely N-dealkylation sites (tertiary alicyclic amines) is 1. The van der Waals surface area contributed by atoms with Crippen molar-refractivity contribution in [2.24, 2.45) is 0 Å². The number of rotatable bonds is 4. The standard InChI is InChI=1S/C16H24N4O2S/c1-10(2)14-17-18-16-20(14)11(3)13(23-16)15(22)19-8-5-4-6-12(19)7-9-21/h10,12,21H,4-9H2,1-3H3. The van der Waals surface area contributed by atoms with E-state index in [1.54, 1.807) is 0 Å². The molecule has 1 aliphatic heterocycles. The summed E-state index contributed by atoms with van der Waals surface area (Å²) in [7, 11) is 0. The van der Waals surface area contributed by atoms with Gasteiger partial charge in [-0.3, -0.25) is 9.20 Å². The Morgan fingerprint density at radius 2 is 2.17 bits per heavy atom. The Balaban J connectivity index is 1.95. The first kappa shape index (κ1) is 16.4. The third-order valence-electron chi connectivity index (χ3n) is 4.58. The lowest BCUT2D eigenvalue weighted by atomic mass is 9.99. The third kappa shape index (κ3) is 2.87. The van der Waals surface area contributed by atoms with Crippen LogP contribution in [0.25, 0.3) is 4.96 Å². The summed E-state index contributed by atoms with van der Waals surface area (Å²) in [5.74, 6) is 1.24. The Kier molecular flexibility index (Phi) is 4.68. The van der Waals surface area contributed by atoms with E-state index in [2.05, 4.69) is 24.0 Å².